The molecule has 10 heteroatoms. The van der Waals surface area contributed by atoms with E-state index in [0.29, 0.717) is 34.7 Å². The number of aromatic nitrogens is 2. The first kappa shape index (κ1) is 22.4. The van der Waals surface area contributed by atoms with Crippen molar-refractivity contribution in [2.24, 2.45) is 0 Å². The Kier molecular flexibility index (Phi) is 5.62. The fraction of sp³-hybridized carbons (Fsp3) is 0.261. The molecule has 0 radical (unpaired) electrons. The Hall–Kier alpha value is -3.79. The smallest absolute Gasteiger partial charge is 0.275 e. The summed E-state index contributed by atoms with van der Waals surface area (Å²) in [6.45, 7) is 2.94. The maximum Gasteiger partial charge on any atom is 0.275 e. The van der Waals surface area contributed by atoms with Crippen molar-refractivity contribution in [2.75, 3.05) is 29.5 Å². The van der Waals surface area contributed by atoms with Gasteiger partial charge in [0.1, 0.15) is 23.2 Å². The number of nitrogens with zero attached hydrogens (tertiary/aromatic N) is 3. The second kappa shape index (κ2) is 8.28. The molecule has 172 valence electrons. The van der Waals surface area contributed by atoms with Crippen molar-refractivity contribution in [1.29, 1.82) is 0 Å². The summed E-state index contributed by atoms with van der Waals surface area (Å²) < 4.78 is 33.8. The number of aliphatic hydroxyl groups is 1. The van der Waals surface area contributed by atoms with E-state index in [2.05, 4.69) is 9.97 Å². The molecule has 1 aliphatic heterocycles. The summed E-state index contributed by atoms with van der Waals surface area (Å²) in [6.07, 6.45) is 0.544. The summed E-state index contributed by atoms with van der Waals surface area (Å²) >= 11 is 0. The Morgan fingerprint density at radius 1 is 1.12 bits per heavy atom. The molecular formula is C23H23F2N5O3. The maximum absolute atomic E-state index is 13.9. The van der Waals surface area contributed by atoms with Gasteiger partial charge in [-0.15, -0.1) is 0 Å². The van der Waals surface area contributed by atoms with E-state index in [4.69, 9.17) is 16.2 Å². The lowest BCUT2D eigenvalue weighted by molar-refractivity contribution is -0.135. The van der Waals surface area contributed by atoms with Crippen molar-refractivity contribution in [1.82, 2.24) is 9.97 Å². The second-order valence-electron chi connectivity index (χ2n) is 7.80. The Morgan fingerprint density at radius 3 is 2.45 bits per heavy atom. The molecule has 1 aliphatic rings. The fourth-order valence-electron chi connectivity index (χ4n) is 4.05. The van der Waals surface area contributed by atoms with Gasteiger partial charge in [-0.3, -0.25) is 4.79 Å². The summed E-state index contributed by atoms with van der Waals surface area (Å²) in [5.74, 6) is -1.69. The Labute approximate surface area is 188 Å². The van der Waals surface area contributed by atoms with Crippen molar-refractivity contribution in [2.45, 2.75) is 25.9 Å². The highest BCUT2D eigenvalue weighted by Crippen LogP contribution is 2.45. The van der Waals surface area contributed by atoms with Gasteiger partial charge in [-0.2, -0.15) is 4.98 Å². The first-order chi connectivity index (χ1) is 15.7. The number of aliphatic hydroxyl groups excluding tert-OH is 1. The number of hydrogen-bond donors (Lipinski definition) is 3. The van der Waals surface area contributed by atoms with Gasteiger partial charge in [0.05, 0.1) is 18.0 Å². The second-order valence-corrected chi connectivity index (χ2v) is 7.80. The van der Waals surface area contributed by atoms with E-state index in [0.717, 1.165) is 18.2 Å². The highest BCUT2D eigenvalue weighted by atomic mass is 19.1. The van der Waals surface area contributed by atoms with Crippen LogP contribution >= 0.6 is 0 Å². The average Bonchev–Trinajstić information content (AvgIpc) is 2.75. The molecule has 2 heterocycles. The summed E-state index contributed by atoms with van der Waals surface area (Å²) in [4.78, 5) is 23.1. The molecule has 0 saturated carbocycles. The van der Waals surface area contributed by atoms with E-state index in [-0.39, 0.29) is 30.5 Å². The molecule has 1 aromatic heterocycles. The van der Waals surface area contributed by atoms with E-state index < -0.39 is 23.1 Å². The topological polar surface area (TPSA) is 128 Å². The molecule has 1 amide bonds. The van der Waals surface area contributed by atoms with E-state index in [1.54, 1.807) is 18.2 Å². The zero-order valence-electron chi connectivity index (χ0n) is 18.1. The molecule has 8 nitrogen and oxygen atoms in total. The van der Waals surface area contributed by atoms with Crippen LogP contribution in [0.25, 0.3) is 11.1 Å². The minimum Gasteiger partial charge on any atom is -0.471 e. The van der Waals surface area contributed by atoms with Crippen LogP contribution in [0.2, 0.25) is 0 Å². The minimum atomic E-state index is -1.70. The predicted octanol–water partition coefficient (Wildman–Crippen LogP) is 2.78. The zero-order chi connectivity index (χ0) is 23.9. The number of amides is 1. The van der Waals surface area contributed by atoms with E-state index in [9.17, 15) is 18.7 Å². The van der Waals surface area contributed by atoms with Gasteiger partial charge in [0.25, 0.3) is 5.91 Å². The number of anilines is 3. The average molecular weight is 455 g/mol. The first-order valence-corrected chi connectivity index (χ1v) is 10.3. The van der Waals surface area contributed by atoms with Crippen LogP contribution < -0.4 is 21.1 Å². The third kappa shape index (κ3) is 3.82. The number of nitrogens with two attached hydrogens (primary N) is 2. The number of aryl methyl sites for hydroxylation is 1. The lowest BCUT2D eigenvalue weighted by Gasteiger charge is -2.41. The third-order valence-electron chi connectivity index (χ3n) is 5.61. The molecule has 0 fully saturated rings. The number of nitrogen functional groups attached to an aromatic ring is 2. The number of rotatable bonds is 5. The molecule has 0 bridgehead atoms. The lowest BCUT2D eigenvalue weighted by atomic mass is 9.91. The quantitative estimate of drug-likeness (QED) is 0.540. The predicted molar refractivity (Wildman–Crippen MR) is 119 cm³/mol. The van der Waals surface area contributed by atoms with Crippen LogP contribution in [0.15, 0.2) is 36.4 Å². The normalized spacial score (nSPS) is 17.6. The van der Waals surface area contributed by atoms with E-state index in [1.807, 2.05) is 6.92 Å². The van der Waals surface area contributed by atoms with Gasteiger partial charge in [0, 0.05) is 23.7 Å². The SMILES string of the molecule is CCc1nc(N)nc(N)c1-c1ccc2c(c1)N(CCO)C(=O)C(C)(c1cc(F)cc(F)c1)O2. The van der Waals surface area contributed by atoms with Crippen molar-refractivity contribution in [3.8, 4) is 16.9 Å². The molecule has 0 spiro atoms. The molecular weight excluding hydrogens is 432 g/mol. The molecule has 4 rings (SSSR count). The van der Waals surface area contributed by atoms with Gasteiger partial charge in [-0.05, 0) is 43.2 Å². The number of ether oxygens (including phenoxy) is 1. The summed E-state index contributed by atoms with van der Waals surface area (Å²) in [7, 11) is 0. The number of carbonyl (C=O) groups excluding carboxylic acids is 1. The summed E-state index contributed by atoms with van der Waals surface area (Å²) in [5.41, 5.74) is 12.4. The molecule has 1 atom stereocenters. The van der Waals surface area contributed by atoms with Crippen molar-refractivity contribution >= 4 is 23.4 Å². The number of benzene rings is 2. The number of carbonyl (C=O) groups is 1. The van der Waals surface area contributed by atoms with Gasteiger partial charge in [0.2, 0.25) is 11.5 Å². The minimum absolute atomic E-state index is 0.0205. The lowest BCUT2D eigenvalue weighted by Crippen LogP contribution is -2.53. The highest BCUT2D eigenvalue weighted by Gasteiger charge is 2.46. The van der Waals surface area contributed by atoms with Gasteiger partial charge in [0.15, 0.2) is 0 Å². The maximum atomic E-state index is 13.9. The number of halogens is 2. The molecule has 1 unspecified atom stereocenters. The van der Waals surface area contributed by atoms with Gasteiger partial charge >= 0.3 is 0 Å². The van der Waals surface area contributed by atoms with E-state index >= 15 is 0 Å². The fourth-order valence-corrected chi connectivity index (χ4v) is 4.05. The zero-order valence-corrected chi connectivity index (χ0v) is 18.1. The molecule has 5 N–H and O–H groups in total. The van der Waals surface area contributed by atoms with Crippen LogP contribution in [0.4, 0.5) is 26.2 Å². The number of β-amino-alcohol motifs (C(OH)–C–C–N with tert-alkyl or cyclic N) is 1. The van der Waals surface area contributed by atoms with Crippen LogP contribution in [-0.2, 0) is 16.8 Å². The molecule has 0 saturated heterocycles. The monoisotopic (exact) mass is 455 g/mol. The Morgan fingerprint density at radius 2 is 1.82 bits per heavy atom. The molecule has 33 heavy (non-hydrogen) atoms. The van der Waals surface area contributed by atoms with Crippen molar-refractivity contribution < 1.29 is 23.4 Å². The van der Waals surface area contributed by atoms with Crippen molar-refractivity contribution in [3.05, 3.63) is 59.3 Å². The van der Waals surface area contributed by atoms with Gasteiger partial charge in [-0.25, -0.2) is 13.8 Å². The largest absolute Gasteiger partial charge is 0.471 e. The van der Waals surface area contributed by atoms with Gasteiger partial charge < -0.3 is 26.2 Å². The number of hydrogen-bond acceptors (Lipinski definition) is 7. The molecule has 3 aromatic rings. The van der Waals surface area contributed by atoms with Crippen LogP contribution in [0.3, 0.4) is 0 Å². The van der Waals surface area contributed by atoms with Crippen molar-refractivity contribution in [3.63, 3.8) is 0 Å². The molecule has 2 aromatic carbocycles. The highest BCUT2D eigenvalue weighted by molar-refractivity contribution is 6.04. The Bertz CT molecular complexity index is 1230. The van der Waals surface area contributed by atoms with Crippen LogP contribution in [0, 0.1) is 11.6 Å². The van der Waals surface area contributed by atoms with Gasteiger partial charge in [-0.1, -0.05) is 13.0 Å². The van der Waals surface area contributed by atoms with Crippen LogP contribution in [0.5, 0.6) is 5.75 Å². The van der Waals surface area contributed by atoms with E-state index in [1.165, 1.54) is 11.8 Å². The van der Waals surface area contributed by atoms with Crippen LogP contribution in [-0.4, -0.2) is 34.1 Å². The standard InChI is InChI=1S/C23H23F2N5O3/c1-3-16-19(20(26)29-22(27)28-16)12-4-5-18-17(8-12)30(6-7-31)21(32)23(2,33-18)13-9-14(24)11-15(25)10-13/h4-5,8-11,31H,3,6-7H2,1-2H3,(H4,26,27,28,29). The summed E-state index contributed by atoms with van der Waals surface area (Å²) in [6, 6.07) is 7.86. The third-order valence-corrected chi connectivity index (χ3v) is 5.61. The van der Waals surface area contributed by atoms with Crippen LogP contribution in [0.1, 0.15) is 25.1 Å². The summed E-state index contributed by atoms with van der Waals surface area (Å²) in [5, 5.41) is 9.63. The first-order valence-electron chi connectivity index (χ1n) is 10.3. The number of fused-ring (bicyclic) bond motifs is 1. The Balaban J connectivity index is 1.87. The molecule has 0 aliphatic carbocycles.